The van der Waals surface area contributed by atoms with Crippen LogP contribution in [0.5, 0.6) is 0 Å². The number of allylic oxidation sites excluding steroid dienone is 6. The molecular formula is C15H12. The highest BCUT2D eigenvalue weighted by molar-refractivity contribution is 5.61. The van der Waals surface area contributed by atoms with Crippen LogP contribution in [0.2, 0.25) is 0 Å². The van der Waals surface area contributed by atoms with E-state index >= 15 is 0 Å². The zero-order valence-electron chi connectivity index (χ0n) is 8.48. The Bertz CT molecular complexity index is 529. The summed E-state index contributed by atoms with van der Waals surface area (Å²) < 4.78 is 0. The van der Waals surface area contributed by atoms with Crippen molar-refractivity contribution in [1.82, 2.24) is 0 Å². The molecule has 0 saturated carbocycles. The monoisotopic (exact) mass is 192 g/mol. The fourth-order valence-electron chi connectivity index (χ4n) is 3.29. The maximum atomic E-state index is 2.46. The van der Waals surface area contributed by atoms with Gasteiger partial charge in [-0.2, -0.15) is 0 Å². The zero-order valence-corrected chi connectivity index (χ0v) is 8.48. The minimum absolute atomic E-state index is 0.659. The average molecular weight is 192 g/mol. The molecule has 0 N–H and O–H groups in total. The van der Waals surface area contributed by atoms with Crippen LogP contribution >= 0.6 is 0 Å². The molecule has 0 saturated heterocycles. The van der Waals surface area contributed by atoms with Gasteiger partial charge in [-0.05, 0) is 34.6 Å². The summed E-state index contributed by atoms with van der Waals surface area (Å²) in [6.07, 6.45) is 10.4. The molecule has 0 radical (unpaired) electrons. The molecule has 0 amide bonds. The van der Waals surface area contributed by atoms with Crippen molar-refractivity contribution in [2.75, 3.05) is 0 Å². The minimum Gasteiger partial charge on any atom is -0.0726 e. The highest BCUT2D eigenvalue weighted by Crippen LogP contribution is 2.51. The second kappa shape index (κ2) is 2.52. The quantitative estimate of drug-likeness (QED) is 0.591. The van der Waals surface area contributed by atoms with Crippen molar-refractivity contribution in [1.29, 1.82) is 0 Å². The van der Waals surface area contributed by atoms with Gasteiger partial charge in [0, 0.05) is 5.92 Å². The zero-order chi connectivity index (χ0) is 9.83. The molecular weight excluding hydrogens is 180 g/mol. The van der Waals surface area contributed by atoms with Crippen LogP contribution in [0, 0.1) is 5.92 Å². The van der Waals surface area contributed by atoms with Crippen LogP contribution in [0.15, 0.2) is 59.7 Å². The van der Waals surface area contributed by atoms with E-state index in [4.69, 9.17) is 0 Å². The van der Waals surface area contributed by atoms with Crippen LogP contribution in [0.3, 0.4) is 0 Å². The average Bonchev–Trinajstić information content (AvgIpc) is 2.85. The lowest BCUT2D eigenvalue weighted by atomic mass is 9.91. The minimum atomic E-state index is 0.659. The summed E-state index contributed by atoms with van der Waals surface area (Å²) in [5.41, 5.74) is 6.13. The summed E-state index contributed by atoms with van der Waals surface area (Å²) in [6, 6.07) is 8.91. The molecule has 0 aliphatic heterocycles. The van der Waals surface area contributed by atoms with E-state index in [2.05, 4.69) is 48.6 Å². The van der Waals surface area contributed by atoms with Crippen LogP contribution in [0.1, 0.15) is 17.0 Å². The SMILES string of the molecule is C1=CC2=C[C@@H]3Cc4ccccc4[C@@H]3C2=C1. The Morgan fingerprint density at radius 1 is 1.13 bits per heavy atom. The van der Waals surface area contributed by atoms with Crippen molar-refractivity contribution in [2.24, 2.45) is 5.92 Å². The van der Waals surface area contributed by atoms with Crippen LogP contribution in [-0.4, -0.2) is 0 Å². The number of benzene rings is 1. The van der Waals surface area contributed by atoms with Gasteiger partial charge in [0.2, 0.25) is 0 Å². The fraction of sp³-hybridized carbons (Fsp3) is 0.200. The van der Waals surface area contributed by atoms with Crippen molar-refractivity contribution in [3.63, 3.8) is 0 Å². The van der Waals surface area contributed by atoms with Gasteiger partial charge in [0.05, 0.1) is 0 Å². The van der Waals surface area contributed by atoms with Crippen molar-refractivity contribution >= 4 is 0 Å². The van der Waals surface area contributed by atoms with Gasteiger partial charge in [-0.25, -0.2) is 0 Å². The van der Waals surface area contributed by atoms with Gasteiger partial charge in [-0.3, -0.25) is 0 Å². The van der Waals surface area contributed by atoms with E-state index in [0.29, 0.717) is 5.92 Å². The molecule has 1 aromatic rings. The number of rotatable bonds is 0. The molecule has 3 aliphatic rings. The predicted octanol–water partition coefficient (Wildman–Crippen LogP) is 3.38. The summed E-state index contributed by atoms with van der Waals surface area (Å²) in [5.74, 6) is 1.39. The van der Waals surface area contributed by atoms with Gasteiger partial charge in [-0.15, -0.1) is 0 Å². The Hall–Kier alpha value is -1.56. The second-order valence-corrected chi connectivity index (χ2v) is 4.65. The lowest BCUT2D eigenvalue weighted by molar-refractivity contribution is 0.647. The van der Waals surface area contributed by atoms with E-state index in [9.17, 15) is 0 Å². The first-order valence-electron chi connectivity index (χ1n) is 5.62. The molecule has 0 heterocycles. The standard InChI is InChI=1S/C15H12/c1-2-6-13-10(4-1)8-12-9-11-5-3-7-14(11)15(12)13/h1-7,9,12,15H,8H2/t12-,15+/m0/s1. The van der Waals surface area contributed by atoms with E-state index in [1.54, 1.807) is 16.7 Å². The number of hydrogen-bond donors (Lipinski definition) is 0. The Balaban J connectivity index is 1.91. The molecule has 1 aromatic carbocycles. The lowest BCUT2D eigenvalue weighted by Crippen LogP contribution is -2.00. The topological polar surface area (TPSA) is 0 Å². The van der Waals surface area contributed by atoms with Crippen LogP contribution in [0.4, 0.5) is 0 Å². The largest absolute Gasteiger partial charge is 0.0726 e. The molecule has 0 spiro atoms. The van der Waals surface area contributed by atoms with Crippen molar-refractivity contribution in [3.8, 4) is 0 Å². The molecule has 0 heteroatoms. The van der Waals surface area contributed by atoms with E-state index in [1.807, 2.05) is 0 Å². The fourth-order valence-corrected chi connectivity index (χ4v) is 3.29. The van der Waals surface area contributed by atoms with Gasteiger partial charge in [0.1, 0.15) is 0 Å². The van der Waals surface area contributed by atoms with Gasteiger partial charge in [0.25, 0.3) is 0 Å². The van der Waals surface area contributed by atoms with Crippen LogP contribution < -0.4 is 0 Å². The van der Waals surface area contributed by atoms with E-state index in [1.165, 1.54) is 12.0 Å². The first-order chi connectivity index (χ1) is 7.43. The smallest absolute Gasteiger partial charge is 0.0164 e. The Kier molecular flexibility index (Phi) is 1.29. The molecule has 0 fully saturated rings. The second-order valence-electron chi connectivity index (χ2n) is 4.65. The van der Waals surface area contributed by atoms with Gasteiger partial charge >= 0.3 is 0 Å². The van der Waals surface area contributed by atoms with Crippen LogP contribution in [-0.2, 0) is 6.42 Å². The first-order valence-corrected chi connectivity index (χ1v) is 5.62. The lowest BCUT2D eigenvalue weighted by Gasteiger charge is -2.12. The number of hydrogen-bond acceptors (Lipinski definition) is 0. The third-order valence-corrected chi connectivity index (χ3v) is 3.89. The molecule has 2 atom stereocenters. The number of fused-ring (bicyclic) bond motifs is 5. The summed E-state index contributed by atoms with van der Waals surface area (Å²) in [7, 11) is 0. The molecule has 3 aliphatic carbocycles. The van der Waals surface area contributed by atoms with Crippen LogP contribution in [0.25, 0.3) is 0 Å². The Labute approximate surface area is 89.6 Å². The molecule has 15 heavy (non-hydrogen) atoms. The summed E-state index contributed by atoms with van der Waals surface area (Å²) in [4.78, 5) is 0. The van der Waals surface area contributed by atoms with Crippen molar-refractivity contribution < 1.29 is 0 Å². The molecule has 4 rings (SSSR count). The first kappa shape index (κ1) is 7.70. The molecule has 72 valence electrons. The predicted molar refractivity (Wildman–Crippen MR) is 61.7 cm³/mol. The normalized spacial score (nSPS) is 29.6. The summed E-state index contributed by atoms with van der Waals surface area (Å²) in [5, 5.41) is 0. The third-order valence-electron chi connectivity index (χ3n) is 3.89. The molecule has 0 aromatic heterocycles. The molecule has 0 nitrogen and oxygen atoms in total. The maximum Gasteiger partial charge on any atom is 0.0164 e. The highest BCUT2D eigenvalue weighted by Gasteiger charge is 2.39. The Morgan fingerprint density at radius 2 is 2.07 bits per heavy atom. The highest BCUT2D eigenvalue weighted by atomic mass is 14.4. The summed E-state index contributed by atoms with van der Waals surface area (Å²) in [6.45, 7) is 0. The Morgan fingerprint density at radius 3 is 3.07 bits per heavy atom. The van der Waals surface area contributed by atoms with E-state index in [-0.39, 0.29) is 0 Å². The third kappa shape index (κ3) is 0.872. The van der Waals surface area contributed by atoms with Crippen molar-refractivity contribution in [3.05, 3.63) is 70.8 Å². The van der Waals surface area contributed by atoms with E-state index in [0.717, 1.165) is 5.92 Å². The van der Waals surface area contributed by atoms with E-state index < -0.39 is 0 Å². The molecule has 0 bridgehead atoms. The van der Waals surface area contributed by atoms with Crippen molar-refractivity contribution in [2.45, 2.75) is 12.3 Å². The van der Waals surface area contributed by atoms with Gasteiger partial charge in [0.15, 0.2) is 0 Å². The summed E-state index contributed by atoms with van der Waals surface area (Å²) >= 11 is 0. The van der Waals surface area contributed by atoms with Gasteiger partial charge in [-0.1, -0.05) is 48.6 Å². The molecule has 0 unspecified atom stereocenters. The maximum absolute atomic E-state index is 2.46. The van der Waals surface area contributed by atoms with Gasteiger partial charge < -0.3 is 0 Å².